The lowest BCUT2D eigenvalue weighted by Crippen LogP contribution is -2.44. The third-order valence-electron chi connectivity index (χ3n) is 4.02. The van der Waals surface area contributed by atoms with Crippen molar-refractivity contribution in [2.45, 2.75) is 0 Å². The van der Waals surface area contributed by atoms with E-state index in [9.17, 15) is 14.4 Å². The van der Waals surface area contributed by atoms with Crippen molar-refractivity contribution in [1.82, 2.24) is 10.4 Å². The molecule has 0 bridgehead atoms. The summed E-state index contributed by atoms with van der Waals surface area (Å²) in [6, 6.07) is 9.09. The Bertz CT molecular complexity index is 1150. The van der Waals surface area contributed by atoms with Gasteiger partial charge in [-0.25, -0.2) is 4.79 Å². The molecule has 0 unspecified atom stereocenters. The highest BCUT2D eigenvalue weighted by Gasteiger charge is 2.34. The molecule has 3 rings (SSSR count). The van der Waals surface area contributed by atoms with Crippen LogP contribution in [-0.4, -0.2) is 45.9 Å². The van der Waals surface area contributed by atoms with Gasteiger partial charge in [0.2, 0.25) is 0 Å². The summed E-state index contributed by atoms with van der Waals surface area (Å²) in [5.74, 6) is -1.73. The lowest BCUT2D eigenvalue weighted by molar-refractivity contribution is -0.139. The van der Waals surface area contributed by atoms with E-state index in [0.29, 0.717) is 16.3 Å². The van der Waals surface area contributed by atoms with E-state index in [1.54, 1.807) is 18.2 Å². The van der Waals surface area contributed by atoms with Gasteiger partial charge in [0.05, 0.1) is 22.6 Å². The van der Waals surface area contributed by atoms with E-state index in [-0.39, 0.29) is 25.6 Å². The van der Waals surface area contributed by atoms with Crippen molar-refractivity contribution in [1.29, 1.82) is 0 Å². The second-order valence-corrected chi connectivity index (χ2v) is 8.69. The summed E-state index contributed by atoms with van der Waals surface area (Å²) in [4.78, 5) is 36.3. The number of nitrogens with zero attached hydrogens (tertiary/aromatic N) is 1. The summed E-state index contributed by atoms with van der Waals surface area (Å²) in [5.41, 5.74) is 3.16. The number of amides is 2. The Morgan fingerprint density at radius 2 is 1.97 bits per heavy atom. The number of carboxylic acids is 1. The van der Waals surface area contributed by atoms with Crippen LogP contribution in [0.15, 0.2) is 41.3 Å². The van der Waals surface area contributed by atoms with Crippen LogP contribution in [0.3, 0.4) is 0 Å². The average molecular weight is 513 g/mol. The molecule has 1 aliphatic rings. The third-order valence-corrected chi connectivity index (χ3v) is 5.87. The van der Waals surface area contributed by atoms with Gasteiger partial charge in [-0.15, -0.1) is 0 Å². The number of hydrogen-bond acceptors (Lipinski definition) is 7. The van der Waals surface area contributed by atoms with Crippen LogP contribution in [0.5, 0.6) is 11.5 Å². The number of carbonyl (C=O) groups excluding carboxylic acids is 2. The number of aliphatic carboxylic acids is 1. The van der Waals surface area contributed by atoms with Gasteiger partial charge in [-0.1, -0.05) is 41.0 Å². The number of benzene rings is 2. The first-order valence-electron chi connectivity index (χ1n) is 8.76. The van der Waals surface area contributed by atoms with Gasteiger partial charge >= 0.3 is 5.97 Å². The minimum atomic E-state index is -1.12. The van der Waals surface area contributed by atoms with Crippen LogP contribution >= 0.6 is 47.2 Å². The summed E-state index contributed by atoms with van der Waals surface area (Å²) < 4.78 is 10.5. The van der Waals surface area contributed by atoms with E-state index in [1.807, 2.05) is 0 Å². The first-order chi connectivity index (χ1) is 15.2. The second-order valence-electron chi connectivity index (χ2n) is 6.17. The monoisotopic (exact) mass is 512 g/mol. The number of methoxy groups -OCH3 is 1. The molecule has 2 N–H and O–H groups in total. The zero-order valence-corrected chi connectivity index (χ0v) is 19.4. The normalized spacial score (nSPS) is 14.6. The van der Waals surface area contributed by atoms with Crippen molar-refractivity contribution in [3.05, 3.63) is 62.5 Å². The maximum absolute atomic E-state index is 12.8. The molecule has 0 aromatic heterocycles. The van der Waals surface area contributed by atoms with E-state index >= 15 is 0 Å². The van der Waals surface area contributed by atoms with E-state index < -0.39 is 24.4 Å². The highest BCUT2D eigenvalue weighted by atomic mass is 35.5. The van der Waals surface area contributed by atoms with Crippen molar-refractivity contribution >= 4 is 75.4 Å². The molecule has 12 heteroatoms. The van der Waals surface area contributed by atoms with Crippen LogP contribution in [0.4, 0.5) is 0 Å². The number of carboxylic acid groups (broad SMARTS) is 1. The number of thiocarbonyl (C=S) groups is 1. The number of thioether (sulfide) groups is 1. The topological polar surface area (TPSA) is 105 Å². The Morgan fingerprint density at radius 3 is 2.62 bits per heavy atom. The fraction of sp³-hybridized carbons (Fsp3) is 0.100. The molecular weight excluding hydrogens is 499 g/mol. The fourth-order valence-electron chi connectivity index (χ4n) is 2.58. The predicted octanol–water partition coefficient (Wildman–Crippen LogP) is 4.01. The largest absolute Gasteiger partial charge is 0.493 e. The van der Waals surface area contributed by atoms with E-state index in [1.165, 1.54) is 31.4 Å². The van der Waals surface area contributed by atoms with Crippen molar-refractivity contribution in [3.8, 4) is 11.5 Å². The lowest BCUT2D eigenvalue weighted by atomic mass is 10.2. The zero-order chi connectivity index (χ0) is 23.4. The molecule has 0 radical (unpaired) electrons. The van der Waals surface area contributed by atoms with E-state index in [0.717, 1.165) is 16.8 Å². The molecule has 1 heterocycles. The summed E-state index contributed by atoms with van der Waals surface area (Å²) in [6.07, 6.45) is 1.56. The molecule has 0 aliphatic carbocycles. The van der Waals surface area contributed by atoms with Gasteiger partial charge in [0.25, 0.3) is 11.8 Å². The van der Waals surface area contributed by atoms with Crippen LogP contribution in [0.2, 0.25) is 10.0 Å². The molecule has 0 saturated carbocycles. The first kappa shape index (κ1) is 23.9. The number of halogens is 2. The number of hydrazine groups is 1. The number of nitrogens with one attached hydrogen (secondary N) is 1. The van der Waals surface area contributed by atoms with Crippen molar-refractivity contribution in [3.63, 3.8) is 0 Å². The molecule has 2 aromatic carbocycles. The smallest absolute Gasteiger partial charge is 0.341 e. The zero-order valence-electron chi connectivity index (χ0n) is 16.3. The summed E-state index contributed by atoms with van der Waals surface area (Å²) in [7, 11) is 1.41. The maximum atomic E-state index is 12.8. The molecule has 2 aromatic rings. The molecule has 166 valence electrons. The maximum Gasteiger partial charge on any atom is 0.341 e. The number of hydrogen-bond donors (Lipinski definition) is 2. The van der Waals surface area contributed by atoms with Crippen LogP contribution in [-0.2, 0) is 9.59 Å². The van der Waals surface area contributed by atoms with Gasteiger partial charge < -0.3 is 14.6 Å². The fourth-order valence-corrected chi connectivity index (χ4v) is 4.26. The van der Waals surface area contributed by atoms with Crippen molar-refractivity contribution in [2.75, 3.05) is 13.7 Å². The lowest BCUT2D eigenvalue weighted by Gasteiger charge is -2.16. The average Bonchev–Trinajstić information content (AvgIpc) is 2.99. The van der Waals surface area contributed by atoms with Crippen molar-refractivity contribution < 1.29 is 29.0 Å². The summed E-state index contributed by atoms with van der Waals surface area (Å²) >= 11 is 18.1. The Hall–Kier alpha value is -2.79. The molecule has 2 amide bonds. The molecule has 1 fully saturated rings. The number of carbonyl (C=O) groups is 3. The third kappa shape index (κ3) is 5.52. The van der Waals surface area contributed by atoms with Gasteiger partial charge in [-0.3, -0.25) is 15.0 Å². The van der Waals surface area contributed by atoms with Crippen LogP contribution < -0.4 is 14.9 Å². The highest BCUT2D eigenvalue weighted by molar-refractivity contribution is 8.26. The molecule has 32 heavy (non-hydrogen) atoms. The van der Waals surface area contributed by atoms with Crippen LogP contribution in [0.1, 0.15) is 15.9 Å². The molecular formula is C20H14Cl2N2O6S2. The highest BCUT2D eigenvalue weighted by Crippen LogP contribution is 2.34. The molecule has 1 saturated heterocycles. The number of rotatable bonds is 7. The minimum Gasteiger partial charge on any atom is -0.493 e. The predicted molar refractivity (Wildman–Crippen MR) is 125 cm³/mol. The molecule has 8 nitrogen and oxygen atoms in total. The molecule has 0 atom stereocenters. The Kier molecular flexibility index (Phi) is 7.62. The minimum absolute atomic E-state index is 0.132. The van der Waals surface area contributed by atoms with Gasteiger partial charge in [0.1, 0.15) is 0 Å². The molecule has 0 spiro atoms. The Balaban J connectivity index is 1.77. The standard InChI is InChI=1S/C20H14Cl2N2O6S2/c1-29-15-6-10(2-5-14(15)30-9-17(25)26)7-16-19(28)24(20(31)32-16)23-18(27)12-4-3-11(21)8-13(12)22/h2-8H,9H2,1H3,(H,23,27)(H,25,26)/b16-7+. The van der Waals surface area contributed by atoms with Gasteiger partial charge in [-0.05, 0) is 54.2 Å². The van der Waals surface area contributed by atoms with Crippen LogP contribution in [0.25, 0.3) is 6.08 Å². The quantitative estimate of drug-likeness (QED) is 0.423. The number of ether oxygens (including phenoxy) is 2. The SMILES string of the molecule is COc1cc(/C=C2/SC(=S)N(NC(=O)c3ccc(Cl)cc3Cl)C2=O)ccc1OCC(=O)O. The van der Waals surface area contributed by atoms with Gasteiger partial charge in [0, 0.05) is 5.02 Å². The van der Waals surface area contributed by atoms with Crippen molar-refractivity contribution in [2.24, 2.45) is 0 Å². The first-order valence-corrected chi connectivity index (χ1v) is 10.7. The van der Waals surface area contributed by atoms with Gasteiger partial charge in [0.15, 0.2) is 22.4 Å². The Labute approximate surface area is 202 Å². The summed E-state index contributed by atoms with van der Waals surface area (Å²) in [5, 5.41) is 10.2. The van der Waals surface area contributed by atoms with Gasteiger partial charge in [-0.2, -0.15) is 5.01 Å². The van der Waals surface area contributed by atoms with E-state index in [4.69, 9.17) is 50.0 Å². The van der Waals surface area contributed by atoms with Crippen LogP contribution in [0, 0.1) is 0 Å². The molecule has 1 aliphatic heterocycles. The van der Waals surface area contributed by atoms with E-state index in [2.05, 4.69) is 5.43 Å². The second kappa shape index (κ2) is 10.2. The summed E-state index contributed by atoms with van der Waals surface area (Å²) in [6.45, 7) is -0.522. The Morgan fingerprint density at radius 1 is 1.22 bits per heavy atom.